The lowest BCUT2D eigenvalue weighted by molar-refractivity contribution is 0.0692. The smallest absolute Gasteiger partial charge is 0.338 e. The molecule has 0 saturated heterocycles. The molecule has 0 spiro atoms. The summed E-state index contributed by atoms with van der Waals surface area (Å²) in [5, 5.41) is 8.64. The third kappa shape index (κ3) is 1.76. The number of benzene rings is 1. The first-order valence-electron chi connectivity index (χ1n) is 2.90. The lowest BCUT2D eigenvalue weighted by Gasteiger charge is -1.99. The molecule has 0 amide bonds. The van der Waals surface area contributed by atoms with E-state index >= 15 is 0 Å². The number of halogens is 3. The molecule has 1 aromatic rings. The number of carboxylic acid groups (broad SMARTS) is 1. The van der Waals surface area contributed by atoms with E-state index < -0.39 is 17.3 Å². The fourth-order valence-corrected chi connectivity index (χ4v) is 1.17. The normalized spacial score (nSPS) is 9.92. The molecule has 2 nitrogen and oxygen atoms in total. The largest absolute Gasteiger partial charge is 0.478 e. The van der Waals surface area contributed by atoms with Gasteiger partial charge in [0.25, 0.3) is 0 Å². The average Bonchev–Trinajstić information content (AvgIpc) is 1.96. The summed E-state index contributed by atoms with van der Waals surface area (Å²) in [5.41, 5.74) is -0.428. The van der Waals surface area contributed by atoms with E-state index in [1.807, 2.05) is 0 Å². The molecule has 0 fully saturated rings. The number of hydrogen-bond donors (Lipinski definition) is 1. The molecule has 0 aliphatic heterocycles. The van der Waals surface area contributed by atoms with Crippen molar-refractivity contribution in [1.82, 2.24) is 0 Å². The summed E-state index contributed by atoms with van der Waals surface area (Å²) in [5.74, 6) is -2.14. The zero-order valence-electron chi connectivity index (χ0n) is 5.64. The van der Waals surface area contributed by atoms with Crippen LogP contribution in [0.1, 0.15) is 10.4 Å². The summed E-state index contributed by atoms with van der Waals surface area (Å²) in [6, 6.07) is 2.08. The third-order valence-corrected chi connectivity index (χ3v) is 2.44. The molecule has 0 aliphatic rings. The van der Waals surface area contributed by atoms with Crippen LogP contribution in [0.4, 0.5) is 4.39 Å². The van der Waals surface area contributed by atoms with E-state index in [0.717, 1.165) is 12.1 Å². The van der Waals surface area contributed by atoms with Gasteiger partial charge in [0, 0.05) is 4.47 Å². The summed E-state index contributed by atoms with van der Waals surface area (Å²) >= 11 is 8.52. The van der Waals surface area contributed by atoms with Crippen molar-refractivity contribution < 1.29 is 14.3 Å². The second-order valence-corrected chi connectivity index (χ2v) is 3.31. The highest BCUT2D eigenvalue weighted by molar-refractivity contribution is 9.10. The van der Waals surface area contributed by atoms with Gasteiger partial charge in [-0.05, 0) is 28.1 Å². The van der Waals surface area contributed by atoms with Gasteiger partial charge in [0.1, 0.15) is 5.82 Å². The van der Waals surface area contributed by atoms with E-state index in [1.165, 1.54) is 0 Å². The molecule has 0 aromatic heterocycles. The highest BCUT2D eigenvalue weighted by atomic mass is 79.9. The Hall–Kier alpha value is -0.610. The molecule has 0 unspecified atom stereocenters. The monoisotopic (exact) mass is 252 g/mol. The fourth-order valence-electron chi connectivity index (χ4n) is 0.686. The number of rotatable bonds is 1. The van der Waals surface area contributed by atoms with Crippen molar-refractivity contribution in [2.45, 2.75) is 0 Å². The summed E-state index contributed by atoms with van der Waals surface area (Å²) in [6.45, 7) is 0. The van der Waals surface area contributed by atoms with Crippen LogP contribution in [0, 0.1) is 5.82 Å². The van der Waals surface area contributed by atoms with Gasteiger partial charge in [0.05, 0.1) is 10.6 Å². The fraction of sp³-hybridized carbons (Fsp3) is 0. The van der Waals surface area contributed by atoms with E-state index in [9.17, 15) is 9.18 Å². The van der Waals surface area contributed by atoms with Crippen LogP contribution in [0.3, 0.4) is 0 Å². The van der Waals surface area contributed by atoms with Gasteiger partial charge in [-0.15, -0.1) is 0 Å². The third-order valence-electron chi connectivity index (χ3n) is 1.24. The van der Waals surface area contributed by atoms with Crippen molar-refractivity contribution >= 4 is 33.5 Å². The molecule has 5 heteroatoms. The molecule has 0 aliphatic carbocycles. The van der Waals surface area contributed by atoms with Crippen LogP contribution in [0.15, 0.2) is 16.6 Å². The molecular weight excluding hydrogens is 250 g/mol. The zero-order valence-corrected chi connectivity index (χ0v) is 7.99. The van der Waals surface area contributed by atoms with Crippen LogP contribution in [0.25, 0.3) is 0 Å². The Morgan fingerprint density at radius 2 is 2.17 bits per heavy atom. The molecule has 64 valence electrons. The van der Waals surface area contributed by atoms with Gasteiger partial charge in [-0.2, -0.15) is 0 Å². The van der Waals surface area contributed by atoms with E-state index in [-0.39, 0.29) is 5.02 Å². The predicted molar refractivity (Wildman–Crippen MR) is 46.1 cm³/mol. The SMILES string of the molecule is O=C(O)c1cc(Cl)c(Br)cc1F. The Balaban J connectivity index is 3.33. The molecule has 0 atom stereocenters. The highest BCUT2D eigenvalue weighted by Crippen LogP contribution is 2.25. The first kappa shape index (κ1) is 9.48. The number of aromatic carboxylic acids is 1. The second-order valence-electron chi connectivity index (χ2n) is 2.05. The van der Waals surface area contributed by atoms with E-state index in [2.05, 4.69) is 15.9 Å². The Kier molecular flexibility index (Phi) is 2.69. The van der Waals surface area contributed by atoms with Gasteiger partial charge >= 0.3 is 5.97 Å². The maximum atomic E-state index is 12.8. The molecule has 12 heavy (non-hydrogen) atoms. The molecule has 0 heterocycles. The minimum absolute atomic E-state index is 0.175. The van der Waals surface area contributed by atoms with Crippen LogP contribution in [0.2, 0.25) is 5.02 Å². The summed E-state index contributed by atoms with van der Waals surface area (Å²) in [4.78, 5) is 10.4. The number of carbonyl (C=O) groups is 1. The first-order chi connectivity index (χ1) is 5.52. The highest BCUT2D eigenvalue weighted by Gasteiger charge is 2.12. The molecular formula is C7H3BrClFO2. The van der Waals surface area contributed by atoms with Gasteiger partial charge < -0.3 is 5.11 Å². The van der Waals surface area contributed by atoms with Gasteiger partial charge in [0.2, 0.25) is 0 Å². The van der Waals surface area contributed by atoms with E-state index in [0.29, 0.717) is 4.47 Å². The topological polar surface area (TPSA) is 37.3 Å². The predicted octanol–water partition coefficient (Wildman–Crippen LogP) is 2.94. The van der Waals surface area contributed by atoms with Crippen molar-refractivity contribution in [3.63, 3.8) is 0 Å². The van der Waals surface area contributed by atoms with Crippen LogP contribution in [-0.4, -0.2) is 11.1 Å². The molecule has 1 N–H and O–H groups in total. The van der Waals surface area contributed by atoms with Crippen LogP contribution in [0.5, 0.6) is 0 Å². The molecule has 1 aromatic carbocycles. The maximum absolute atomic E-state index is 12.8. The Morgan fingerprint density at radius 3 is 2.67 bits per heavy atom. The van der Waals surface area contributed by atoms with Gasteiger partial charge in [-0.3, -0.25) is 0 Å². The minimum atomic E-state index is -1.33. The number of carboxylic acids is 1. The maximum Gasteiger partial charge on any atom is 0.338 e. The van der Waals surface area contributed by atoms with Crippen molar-refractivity contribution in [2.24, 2.45) is 0 Å². The molecule has 1 rings (SSSR count). The van der Waals surface area contributed by atoms with Gasteiger partial charge in [-0.1, -0.05) is 11.6 Å². The summed E-state index contributed by atoms with van der Waals surface area (Å²) in [6.07, 6.45) is 0. The molecule has 0 saturated carbocycles. The van der Waals surface area contributed by atoms with Crippen molar-refractivity contribution in [1.29, 1.82) is 0 Å². The van der Waals surface area contributed by atoms with Gasteiger partial charge in [-0.25, -0.2) is 9.18 Å². The Bertz CT molecular complexity index is 340. The number of hydrogen-bond acceptors (Lipinski definition) is 1. The standard InChI is InChI=1S/C7H3BrClFO2/c8-4-2-6(10)3(7(11)12)1-5(4)9/h1-2H,(H,11,12). The summed E-state index contributed by atoms with van der Waals surface area (Å²) in [7, 11) is 0. The van der Waals surface area contributed by atoms with Crippen molar-refractivity contribution in [2.75, 3.05) is 0 Å². The van der Waals surface area contributed by atoms with E-state index in [1.54, 1.807) is 0 Å². The van der Waals surface area contributed by atoms with Crippen LogP contribution < -0.4 is 0 Å². The lowest BCUT2D eigenvalue weighted by atomic mass is 10.2. The van der Waals surface area contributed by atoms with E-state index in [4.69, 9.17) is 16.7 Å². The quantitative estimate of drug-likeness (QED) is 0.781. The summed E-state index contributed by atoms with van der Waals surface area (Å²) < 4.78 is 13.2. The zero-order chi connectivity index (χ0) is 9.30. The van der Waals surface area contributed by atoms with Crippen molar-refractivity contribution in [3.8, 4) is 0 Å². The lowest BCUT2D eigenvalue weighted by Crippen LogP contribution is -2.00. The molecule has 0 radical (unpaired) electrons. The van der Waals surface area contributed by atoms with Gasteiger partial charge in [0.15, 0.2) is 0 Å². The van der Waals surface area contributed by atoms with Crippen molar-refractivity contribution in [3.05, 3.63) is 33.0 Å². The first-order valence-corrected chi connectivity index (χ1v) is 4.07. The average molecular weight is 253 g/mol. The Morgan fingerprint density at radius 1 is 1.58 bits per heavy atom. The van der Waals surface area contributed by atoms with Crippen LogP contribution >= 0.6 is 27.5 Å². The van der Waals surface area contributed by atoms with Crippen LogP contribution in [-0.2, 0) is 0 Å². The second kappa shape index (κ2) is 3.41. The Labute approximate surface area is 81.1 Å². The molecule has 0 bridgehead atoms. The minimum Gasteiger partial charge on any atom is -0.478 e.